The number of benzene rings is 1. The van der Waals surface area contributed by atoms with Crippen molar-refractivity contribution < 1.29 is 19.1 Å². The summed E-state index contributed by atoms with van der Waals surface area (Å²) >= 11 is 0. The summed E-state index contributed by atoms with van der Waals surface area (Å²) in [7, 11) is 1.50. The smallest absolute Gasteiger partial charge is 0.260 e. The Morgan fingerprint density at radius 3 is 2.70 bits per heavy atom. The number of piperidine rings is 1. The molecular weight excluding hydrogens is 258 g/mol. The molecule has 0 unspecified atom stereocenters. The molecule has 0 bridgehead atoms. The van der Waals surface area contributed by atoms with Crippen LogP contribution < -0.4 is 9.47 Å². The van der Waals surface area contributed by atoms with Gasteiger partial charge in [-0.15, -0.1) is 0 Å². The van der Waals surface area contributed by atoms with Gasteiger partial charge in [-0.3, -0.25) is 9.59 Å². The zero-order valence-electron chi connectivity index (χ0n) is 11.6. The van der Waals surface area contributed by atoms with Crippen LogP contribution in [0, 0.1) is 0 Å². The molecule has 1 aromatic carbocycles. The van der Waals surface area contributed by atoms with Crippen LogP contribution in [0.25, 0.3) is 0 Å². The first-order valence-corrected chi connectivity index (χ1v) is 6.79. The van der Waals surface area contributed by atoms with Gasteiger partial charge in [0.25, 0.3) is 5.91 Å². The van der Waals surface area contributed by atoms with Gasteiger partial charge in [0.2, 0.25) is 0 Å². The number of hydrogen-bond acceptors (Lipinski definition) is 4. The number of carbonyl (C=O) groups excluding carboxylic acids is 2. The molecule has 1 amide bonds. The Labute approximate surface area is 118 Å². The summed E-state index contributed by atoms with van der Waals surface area (Å²) in [5.74, 6) is 0.740. The average molecular weight is 277 g/mol. The van der Waals surface area contributed by atoms with Gasteiger partial charge in [-0.1, -0.05) is 6.07 Å². The quantitative estimate of drug-likeness (QED) is 0.771. The van der Waals surface area contributed by atoms with Gasteiger partial charge in [0.15, 0.2) is 24.4 Å². The predicted octanol–water partition coefficient (Wildman–Crippen LogP) is 1.90. The van der Waals surface area contributed by atoms with E-state index in [9.17, 15) is 9.59 Å². The fraction of sp³-hybridized carbons (Fsp3) is 0.467. The third-order valence-corrected chi connectivity index (χ3v) is 3.40. The molecule has 1 saturated heterocycles. The van der Waals surface area contributed by atoms with Crippen LogP contribution in [0.1, 0.15) is 29.6 Å². The second-order valence-corrected chi connectivity index (χ2v) is 4.73. The van der Waals surface area contributed by atoms with Gasteiger partial charge in [-0.05, 0) is 31.4 Å². The number of likely N-dealkylation sites (tertiary alicyclic amines) is 1. The molecule has 0 atom stereocenters. The highest BCUT2D eigenvalue weighted by molar-refractivity contribution is 5.82. The Kier molecular flexibility index (Phi) is 4.98. The normalized spacial score (nSPS) is 14.8. The average Bonchev–Trinajstić information content (AvgIpc) is 2.52. The molecule has 0 saturated carbocycles. The zero-order valence-corrected chi connectivity index (χ0v) is 11.6. The molecule has 1 heterocycles. The first-order valence-electron chi connectivity index (χ1n) is 6.79. The molecule has 1 aromatic rings. The molecule has 5 nitrogen and oxygen atoms in total. The molecule has 108 valence electrons. The lowest BCUT2D eigenvalue weighted by atomic mass is 10.1. The maximum atomic E-state index is 12.0. The minimum absolute atomic E-state index is 0.0487. The molecule has 0 aromatic heterocycles. The van der Waals surface area contributed by atoms with Crippen LogP contribution in [-0.4, -0.2) is 43.9 Å². The third-order valence-electron chi connectivity index (χ3n) is 3.40. The molecule has 0 spiro atoms. The molecule has 1 aliphatic rings. The van der Waals surface area contributed by atoms with Crippen LogP contribution in [-0.2, 0) is 4.79 Å². The summed E-state index contributed by atoms with van der Waals surface area (Å²) in [6.45, 7) is 1.50. The maximum absolute atomic E-state index is 12.0. The summed E-state index contributed by atoms with van der Waals surface area (Å²) < 4.78 is 10.7. The number of amides is 1. The molecule has 2 rings (SSSR count). The monoisotopic (exact) mass is 277 g/mol. The number of ether oxygens (including phenoxy) is 2. The van der Waals surface area contributed by atoms with E-state index in [1.165, 1.54) is 13.5 Å². The van der Waals surface area contributed by atoms with E-state index < -0.39 is 0 Å². The molecule has 1 aliphatic heterocycles. The summed E-state index contributed by atoms with van der Waals surface area (Å²) in [5, 5.41) is 0. The summed E-state index contributed by atoms with van der Waals surface area (Å²) in [5.41, 5.74) is 0.385. The lowest BCUT2D eigenvalue weighted by Gasteiger charge is -2.26. The number of hydrogen-bond donors (Lipinski definition) is 0. The Balaban J connectivity index is 2.02. The molecule has 1 fully saturated rings. The Hall–Kier alpha value is -2.04. The standard InChI is InChI=1S/C15H19NO4/c1-19-13-7-5-6-12(10-17)15(13)20-11-14(18)16-8-3-2-4-9-16/h5-7,10H,2-4,8-9,11H2,1H3. The Bertz CT molecular complexity index is 481. The molecule has 20 heavy (non-hydrogen) atoms. The van der Waals surface area contributed by atoms with Gasteiger partial charge >= 0.3 is 0 Å². The maximum Gasteiger partial charge on any atom is 0.260 e. The minimum Gasteiger partial charge on any atom is -0.493 e. The van der Waals surface area contributed by atoms with Crippen molar-refractivity contribution in [3.05, 3.63) is 23.8 Å². The Morgan fingerprint density at radius 2 is 2.05 bits per heavy atom. The number of aldehydes is 1. The van der Waals surface area contributed by atoms with Crippen molar-refractivity contribution in [2.24, 2.45) is 0 Å². The largest absolute Gasteiger partial charge is 0.493 e. The molecule has 0 aliphatic carbocycles. The van der Waals surface area contributed by atoms with E-state index in [1.807, 2.05) is 0 Å². The number of rotatable bonds is 5. The van der Waals surface area contributed by atoms with Crippen LogP contribution in [0.4, 0.5) is 0 Å². The van der Waals surface area contributed by atoms with Crippen molar-refractivity contribution in [2.45, 2.75) is 19.3 Å². The molecule has 5 heteroatoms. The van der Waals surface area contributed by atoms with E-state index in [1.54, 1.807) is 23.1 Å². The first kappa shape index (κ1) is 14.4. The van der Waals surface area contributed by atoms with Crippen LogP contribution in [0.3, 0.4) is 0 Å². The SMILES string of the molecule is COc1cccc(C=O)c1OCC(=O)N1CCCCC1. The van der Waals surface area contributed by atoms with E-state index in [2.05, 4.69) is 0 Å². The third kappa shape index (κ3) is 3.29. The van der Waals surface area contributed by atoms with Crippen LogP contribution in [0.2, 0.25) is 0 Å². The predicted molar refractivity (Wildman–Crippen MR) is 74.3 cm³/mol. The second-order valence-electron chi connectivity index (χ2n) is 4.73. The highest BCUT2D eigenvalue weighted by atomic mass is 16.5. The lowest BCUT2D eigenvalue weighted by Crippen LogP contribution is -2.38. The van der Waals surface area contributed by atoms with Gasteiger partial charge in [0, 0.05) is 13.1 Å². The van der Waals surface area contributed by atoms with Crippen molar-refractivity contribution in [3.8, 4) is 11.5 Å². The lowest BCUT2D eigenvalue weighted by molar-refractivity contribution is -0.134. The topological polar surface area (TPSA) is 55.8 Å². The van der Waals surface area contributed by atoms with Crippen molar-refractivity contribution in [1.82, 2.24) is 4.90 Å². The second kappa shape index (κ2) is 6.93. The first-order chi connectivity index (χ1) is 9.76. The fourth-order valence-electron chi connectivity index (χ4n) is 2.31. The van der Waals surface area contributed by atoms with Gasteiger partial charge < -0.3 is 14.4 Å². The van der Waals surface area contributed by atoms with E-state index in [-0.39, 0.29) is 12.5 Å². The van der Waals surface area contributed by atoms with E-state index in [4.69, 9.17) is 9.47 Å². The minimum atomic E-state index is -0.0682. The van der Waals surface area contributed by atoms with E-state index in [0.717, 1.165) is 25.9 Å². The summed E-state index contributed by atoms with van der Waals surface area (Å²) in [6, 6.07) is 5.05. The fourth-order valence-corrected chi connectivity index (χ4v) is 2.31. The Morgan fingerprint density at radius 1 is 1.30 bits per heavy atom. The van der Waals surface area contributed by atoms with Crippen molar-refractivity contribution in [3.63, 3.8) is 0 Å². The van der Waals surface area contributed by atoms with E-state index in [0.29, 0.717) is 23.3 Å². The number of carbonyl (C=O) groups is 2. The van der Waals surface area contributed by atoms with Gasteiger partial charge in [0.1, 0.15) is 0 Å². The number of para-hydroxylation sites is 1. The van der Waals surface area contributed by atoms with Crippen molar-refractivity contribution in [1.29, 1.82) is 0 Å². The zero-order chi connectivity index (χ0) is 14.4. The van der Waals surface area contributed by atoms with E-state index >= 15 is 0 Å². The highest BCUT2D eigenvalue weighted by Crippen LogP contribution is 2.30. The highest BCUT2D eigenvalue weighted by Gasteiger charge is 2.18. The molecular formula is C15H19NO4. The summed E-state index contributed by atoms with van der Waals surface area (Å²) in [4.78, 5) is 24.9. The molecule has 0 N–H and O–H groups in total. The molecule has 0 radical (unpaired) electrons. The van der Waals surface area contributed by atoms with Gasteiger partial charge in [-0.2, -0.15) is 0 Å². The van der Waals surface area contributed by atoms with Crippen LogP contribution in [0.5, 0.6) is 11.5 Å². The van der Waals surface area contributed by atoms with Crippen molar-refractivity contribution in [2.75, 3.05) is 26.8 Å². The van der Waals surface area contributed by atoms with Gasteiger partial charge in [-0.25, -0.2) is 0 Å². The van der Waals surface area contributed by atoms with Crippen molar-refractivity contribution >= 4 is 12.2 Å². The number of nitrogens with zero attached hydrogens (tertiary/aromatic N) is 1. The number of methoxy groups -OCH3 is 1. The summed E-state index contributed by atoms with van der Waals surface area (Å²) in [6.07, 6.45) is 3.95. The van der Waals surface area contributed by atoms with Gasteiger partial charge in [0.05, 0.1) is 12.7 Å². The van der Waals surface area contributed by atoms with Crippen LogP contribution >= 0.6 is 0 Å². The van der Waals surface area contributed by atoms with Crippen LogP contribution in [0.15, 0.2) is 18.2 Å².